The summed E-state index contributed by atoms with van der Waals surface area (Å²) in [6.07, 6.45) is 1.81. The van der Waals surface area contributed by atoms with Crippen molar-refractivity contribution in [2.45, 2.75) is 46.7 Å². The van der Waals surface area contributed by atoms with Crippen LogP contribution < -0.4 is 20.3 Å². The summed E-state index contributed by atoms with van der Waals surface area (Å²) in [5.74, 6) is 0.408. The zero-order valence-corrected chi connectivity index (χ0v) is 23.9. The van der Waals surface area contributed by atoms with Gasteiger partial charge in [-0.15, -0.1) is 0 Å². The predicted octanol–water partition coefficient (Wildman–Crippen LogP) is 6.25. The summed E-state index contributed by atoms with van der Waals surface area (Å²) in [5, 5.41) is 7.02. The fourth-order valence-corrected chi connectivity index (χ4v) is 6.02. The molecule has 7 nitrogen and oxygen atoms in total. The highest BCUT2D eigenvalue weighted by atomic mass is 32.1. The van der Waals surface area contributed by atoms with E-state index in [0.717, 1.165) is 28.3 Å². The topological polar surface area (TPSA) is 71.4 Å². The second-order valence-corrected chi connectivity index (χ2v) is 10.4. The number of aryl methyl sites for hydroxylation is 3. The monoisotopic (exact) mass is 539 g/mol. The molecule has 2 atom stereocenters. The van der Waals surface area contributed by atoms with E-state index < -0.39 is 0 Å². The fraction of sp³-hybridized carbons (Fsp3) is 0.258. The number of nitrogens with zero attached hydrogens (tertiary/aromatic N) is 3. The Labute approximate surface area is 234 Å². The Morgan fingerprint density at radius 2 is 1.77 bits per heavy atom. The molecule has 2 N–H and O–H groups in total. The van der Waals surface area contributed by atoms with Gasteiger partial charge in [-0.1, -0.05) is 24.3 Å². The number of anilines is 2. The molecule has 5 rings (SSSR count). The van der Waals surface area contributed by atoms with Gasteiger partial charge in [-0.25, -0.2) is 0 Å². The highest BCUT2D eigenvalue weighted by Crippen LogP contribution is 2.45. The SMILES string of the molecule is COc1ccc(N2C(=S)N[C@H](c3ccccn3)[C@H]2c2cc(C)n(-c3c(C)cccc3C)c2C)cc1NC(C)=O. The Hall–Kier alpha value is -4.17. The van der Waals surface area contributed by atoms with Gasteiger partial charge in [0.25, 0.3) is 0 Å². The lowest BCUT2D eigenvalue weighted by atomic mass is 9.96. The first-order chi connectivity index (χ1) is 18.7. The van der Waals surface area contributed by atoms with Gasteiger partial charge >= 0.3 is 0 Å². The predicted molar refractivity (Wildman–Crippen MR) is 160 cm³/mol. The van der Waals surface area contributed by atoms with E-state index in [4.69, 9.17) is 21.9 Å². The molecule has 2 aromatic heterocycles. The number of hydrogen-bond acceptors (Lipinski definition) is 4. The molecule has 0 aliphatic carbocycles. The molecule has 1 fully saturated rings. The lowest BCUT2D eigenvalue weighted by Gasteiger charge is -2.29. The normalized spacial score (nSPS) is 16.8. The van der Waals surface area contributed by atoms with E-state index >= 15 is 0 Å². The van der Waals surface area contributed by atoms with Crippen LogP contribution in [-0.4, -0.2) is 27.7 Å². The Morgan fingerprint density at radius 1 is 1.03 bits per heavy atom. The summed E-state index contributed by atoms with van der Waals surface area (Å²) in [5.41, 5.74) is 9.41. The molecule has 0 spiro atoms. The van der Waals surface area contributed by atoms with Gasteiger partial charge in [0.2, 0.25) is 5.91 Å². The van der Waals surface area contributed by atoms with Crippen molar-refractivity contribution in [3.63, 3.8) is 0 Å². The van der Waals surface area contributed by atoms with Crippen molar-refractivity contribution < 1.29 is 9.53 Å². The van der Waals surface area contributed by atoms with Crippen LogP contribution in [0.3, 0.4) is 0 Å². The number of aromatic nitrogens is 2. The molecule has 1 aliphatic heterocycles. The van der Waals surface area contributed by atoms with Crippen LogP contribution in [0.15, 0.2) is 66.9 Å². The molecule has 1 saturated heterocycles. The highest BCUT2D eigenvalue weighted by Gasteiger charge is 2.42. The van der Waals surface area contributed by atoms with Crippen molar-refractivity contribution in [2.75, 3.05) is 17.3 Å². The van der Waals surface area contributed by atoms with Gasteiger partial charge in [-0.2, -0.15) is 0 Å². The zero-order valence-electron chi connectivity index (χ0n) is 23.1. The molecule has 1 aliphatic rings. The maximum Gasteiger partial charge on any atom is 0.221 e. The number of para-hydroxylation sites is 1. The first-order valence-corrected chi connectivity index (χ1v) is 13.3. The van der Waals surface area contributed by atoms with Crippen LogP contribution in [0.25, 0.3) is 5.69 Å². The lowest BCUT2D eigenvalue weighted by molar-refractivity contribution is -0.114. The van der Waals surface area contributed by atoms with Crippen molar-refractivity contribution in [1.29, 1.82) is 0 Å². The van der Waals surface area contributed by atoms with E-state index in [1.807, 2.05) is 42.6 Å². The number of carbonyl (C=O) groups excluding carboxylic acids is 1. The van der Waals surface area contributed by atoms with Gasteiger partial charge in [0.15, 0.2) is 5.11 Å². The van der Waals surface area contributed by atoms with Crippen LogP contribution in [0.5, 0.6) is 5.75 Å². The van der Waals surface area contributed by atoms with E-state index in [0.29, 0.717) is 16.5 Å². The minimum Gasteiger partial charge on any atom is -0.495 e. The van der Waals surface area contributed by atoms with E-state index in [1.165, 1.54) is 23.7 Å². The lowest BCUT2D eigenvalue weighted by Crippen LogP contribution is -2.29. The summed E-state index contributed by atoms with van der Waals surface area (Å²) >= 11 is 5.95. The number of pyridine rings is 1. The van der Waals surface area contributed by atoms with Gasteiger partial charge in [0.1, 0.15) is 5.75 Å². The fourth-order valence-electron chi connectivity index (χ4n) is 5.67. The number of methoxy groups -OCH3 is 1. The average Bonchev–Trinajstić information content (AvgIpc) is 3.39. The van der Waals surface area contributed by atoms with Crippen LogP contribution in [0, 0.1) is 27.7 Å². The number of hydrogen-bond donors (Lipinski definition) is 2. The Kier molecular flexibility index (Phi) is 7.14. The Bertz CT molecular complexity index is 1540. The van der Waals surface area contributed by atoms with Gasteiger partial charge in [-0.05, 0) is 93.0 Å². The van der Waals surface area contributed by atoms with E-state index in [9.17, 15) is 4.79 Å². The van der Waals surface area contributed by atoms with Gasteiger partial charge in [-0.3, -0.25) is 9.78 Å². The zero-order chi connectivity index (χ0) is 27.8. The number of benzene rings is 2. The van der Waals surface area contributed by atoms with Crippen LogP contribution in [0.4, 0.5) is 11.4 Å². The number of ether oxygens (including phenoxy) is 1. The molecular formula is C31H33N5O2S. The van der Waals surface area contributed by atoms with Crippen molar-refractivity contribution in [3.05, 3.63) is 101 Å². The van der Waals surface area contributed by atoms with Gasteiger partial charge in [0.05, 0.1) is 36.3 Å². The number of nitrogens with one attached hydrogen (secondary N) is 2. The van der Waals surface area contributed by atoms with E-state index in [1.54, 1.807) is 7.11 Å². The number of thiocarbonyl (C=S) groups is 1. The third-order valence-corrected chi connectivity index (χ3v) is 7.64. The van der Waals surface area contributed by atoms with Gasteiger partial charge < -0.3 is 24.8 Å². The molecule has 0 bridgehead atoms. The molecule has 1 amide bonds. The van der Waals surface area contributed by atoms with Crippen LogP contribution >= 0.6 is 12.2 Å². The molecule has 0 unspecified atom stereocenters. The van der Waals surface area contributed by atoms with E-state index in [-0.39, 0.29) is 18.0 Å². The summed E-state index contributed by atoms with van der Waals surface area (Å²) in [6.45, 7) is 10.1. The molecule has 0 radical (unpaired) electrons. The molecule has 39 heavy (non-hydrogen) atoms. The Balaban J connectivity index is 1.70. The molecule has 0 saturated carbocycles. The Morgan fingerprint density at radius 3 is 2.41 bits per heavy atom. The summed E-state index contributed by atoms with van der Waals surface area (Å²) in [6, 6.07) is 20.0. The second-order valence-electron chi connectivity index (χ2n) is 9.96. The average molecular weight is 540 g/mol. The minimum atomic E-state index is -0.185. The first kappa shape index (κ1) is 26.4. The number of rotatable bonds is 6. The smallest absolute Gasteiger partial charge is 0.221 e. The second kappa shape index (κ2) is 10.5. The summed E-state index contributed by atoms with van der Waals surface area (Å²) in [4.78, 5) is 18.8. The standard InChI is InChI=1S/C31H33N5O2S/c1-18-10-9-11-19(2)29(18)35-20(3)16-24(21(35)4)30-28(25-12-7-8-15-32-25)34-31(39)36(30)23-13-14-27(38-6)26(17-23)33-22(5)37/h7-17,28,30H,1-6H3,(H,33,37)(H,34,39)/t28-,30-/m1/s1. The van der Waals surface area contributed by atoms with E-state index in [2.05, 4.69) is 72.1 Å². The van der Waals surface area contributed by atoms with Crippen LogP contribution in [-0.2, 0) is 4.79 Å². The molecule has 200 valence electrons. The summed E-state index contributed by atoms with van der Waals surface area (Å²) < 4.78 is 7.85. The summed E-state index contributed by atoms with van der Waals surface area (Å²) in [7, 11) is 1.59. The van der Waals surface area contributed by atoms with Crippen LogP contribution in [0.2, 0.25) is 0 Å². The third kappa shape index (κ3) is 4.76. The number of carbonyl (C=O) groups is 1. The third-order valence-electron chi connectivity index (χ3n) is 7.32. The quantitative estimate of drug-likeness (QED) is 0.282. The van der Waals surface area contributed by atoms with Crippen molar-refractivity contribution >= 4 is 34.6 Å². The highest BCUT2D eigenvalue weighted by molar-refractivity contribution is 7.80. The van der Waals surface area contributed by atoms with Crippen molar-refractivity contribution in [3.8, 4) is 11.4 Å². The van der Waals surface area contributed by atoms with Crippen molar-refractivity contribution in [2.24, 2.45) is 0 Å². The number of amides is 1. The van der Waals surface area contributed by atoms with Gasteiger partial charge in [0, 0.05) is 30.2 Å². The largest absolute Gasteiger partial charge is 0.495 e. The molecular weight excluding hydrogens is 506 g/mol. The maximum absolute atomic E-state index is 11.9. The molecule has 8 heteroatoms. The van der Waals surface area contributed by atoms with Crippen molar-refractivity contribution in [1.82, 2.24) is 14.9 Å². The maximum atomic E-state index is 11.9. The van der Waals surface area contributed by atoms with Crippen LogP contribution in [0.1, 0.15) is 52.8 Å². The minimum absolute atomic E-state index is 0.173. The first-order valence-electron chi connectivity index (χ1n) is 12.9. The molecule has 3 heterocycles. The molecule has 2 aromatic carbocycles. The molecule has 4 aromatic rings.